The van der Waals surface area contributed by atoms with E-state index in [0.29, 0.717) is 30.1 Å². The van der Waals surface area contributed by atoms with Gasteiger partial charge in [0.25, 0.3) is 0 Å². The number of rotatable bonds is 8. The van der Waals surface area contributed by atoms with Crippen LogP contribution in [0, 0.1) is 11.6 Å². The minimum Gasteiger partial charge on any atom is -0.494 e. The van der Waals surface area contributed by atoms with E-state index in [1.165, 1.54) is 0 Å². The lowest BCUT2D eigenvalue weighted by Gasteiger charge is -2.11. The summed E-state index contributed by atoms with van der Waals surface area (Å²) in [5, 5.41) is 0. The van der Waals surface area contributed by atoms with Gasteiger partial charge in [-0.25, -0.2) is 8.78 Å². The van der Waals surface area contributed by atoms with Crippen LogP contribution in [0.1, 0.15) is 20.3 Å². The predicted octanol–water partition coefficient (Wildman–Crippen LogP) is 8.15. The van der Waals surface area contributed by atoms with Gasteiger partial charge >= 0.3 is 0 Å². The zero-order chi connectivity index (χ0) is 23.2. The van der Waals surface area contributed by atoms with Gasteiger partial charge in [-0.2, -0.15) is 0 Å². The second-order valence-corrected chi connectivity index (χ2v) is 7.70. The summed E-state index contributed by atoms with van der Waals surface area (Å²) < 4.78 is 41.0. The molecule has 4 aromatic rings. The molecule has 0 saturated heterocycles. The predicted molar refractivity (Wildman–Crippen MR) is 130 cm³/mol. The zero-order valence-electron chi connectivity index (χ0n) is 18.8. The van der Waals surface area contributed by atoms with Gasteiger partial charge in [-0.05, 0) is 59.9 Å². The van der Waals surface area contributed by atoms with E-state index in [0.717, 1.165) is 23.3 Å². The first-order valence-corrected chi connectivity index (χ1v) is 11.2. The van der Waals surface area contributed by atoms with E-state index < -0.39 is 11.6 Å². The van der Waals surface area contributed by atoms with E-state index in [1.54, 1.807) is 36.4 Å². The standard InChI is InChI=1S/C29H26F2O2/c1-3-19-33-25-15-11-23(12-16-25)27-18-17-26(28(30)29(27)31)22-7-5-20(6-8-22)21-9-13-24(14-10-21)32-4-2/h5-18H,3-4,19H2,1-2H3. The molecule has 0 N–H and O–H groups in total. The monoisotopic (exact) mass is 444 g/mol. The molecule has 0 fully saturated rings. The maximum absolute atomic E-state index is 15.0. The molecular weight excluding hydrogens is 418 g/mol. The first kappa shape index (κ1) is 22.5. The molecule has 0 unspecified atom stereocenters. The maximum Gasteiger partial charge on any atom is 0.167 e. The molecule has 0 aromatic heterocycles. The van der Waals surface area contributed by atoms with Crippen LogP contribution in [0.15, 0.2) is 84.9 Å². The smallest absolute Gasteiger partial charge is 0.167 e. The topological polar surface area (TPSA) is 18.5 Å². The molecule has 4 heteroatoms. The Bertz CT molecular complexity index is 1200. The number of hydrogen-bond donors (Lipinski definition) is 0. The third-order valence-electron chi connectivity index (χ3n) is 5.42. The zero-order valence-corrected chi connectivity index (χ0v) is 18.8. The Balaban J connectivity index is 1.56. The third-order valence-corrected chi connectivity index (χ3v) is 5.42. The van der Waals surface area contributed by atoms with E-state index in [1.807, 2.05) is 62.4 Å². The van der Waals surface area contributed by atoms with E-state index in [9.17, 15) is 4.39 Å². The van der Waals surface area contributed by atoms with Gasteiger partial charge in [-0.3, -0.25) is 0 Å². The summed E-state index contributed by atoms with van der Waals surface area (Å²) in [7, 11) is 0. The SMILES string of the molecule is CCCOc1ccc(-c2ccc(-c3ccc(-c4ccc(OCC)cc4)cc3)c(F)c2F)cc1. The maximum atomic E-state index is 15.0. The summed E-state index contributed by atoms with van der Waals surface area (Å²) in [4.78, 5) is 0. The van der Waals surface area contributed by atoms with Gasteiger partial charge in [0.15, 0.2) is 11.6 Å². The van der Waals surface area contributed by atoms with Gasteiger partial charge in [-0.1, -0.05) is 67.6 Å². The molecule has 0 aliphatic rings. The molecule has 4 rings (SSSR count). The average Bonchev–Trinajstić information content (AvgIpc) is 2.86. The van der Waals surface area contributed by atoms with Crippen LogP contribution in [0.5, 0.6) is 11.5 Å². The van der Waals surface area contributed by atoms with Crippen LogP contribution in [0.2, 0.25) is 0 Å². The molecule has 0 heterocycles. The molecule has 0 aliphatic heterocycles. The lowest BCUT2D eigenvalue weighted by Crippen LogP contribution is -1.96. The second-order valence-electron chi connectivity index (χ2n) is 7.70. The molecule has 4 aromatic carbocycles. The molecule has 2 nitrogen and oxygen atoms in total. The largest absolute Gasteiger partial charge is 0.494 e. The summed E-state index contributed by atoms with van der Waals surface area (Å²) in [5.74, 6) is -0.178. The molecule has 0 saturated carbocycles. The molecule has 168 valence electrons. The fraction of sp³-hybridized carbons (Fsp3) is 0.172. The summed E-state index contributed by atoms with van der Waals surface area (Å²) in [6.07, 6.45) is 0.907. The lowest BCUT2D eigenvalue weighted by molar-refractivity contribution is 0.317. The summed E-state index contributed by atoms with van der Waals surface area (Å²) >= 11 is 0. The third kappa shape index (κ3) is 5.06. The van der Waals surface area contributed by atoms with Crippen molar-refractivity contribution in [3.8, 4) is 44.9 Å². The summed E-state index contributed by atoms with van der Waals surface area (Å²) in [5.41, 5.74) is 3.70. The first-order chi connectivity index (χ1) is 16.1. The van der Waals surface area contributed by atoms with E-state index >= 15 is 4.39 Å². The molecular formula is C29H26F2O2. The van der Waals surface area contributed by atoms with Crippen molar-refractivity contribution >= 4 is 0 Å². The van der Waals surface area contributed by atoms with Crippen molar-refractivity contribution in [2.24, 2.45) is 0 Å². The molecule has 0 amide bonds. The van der Waals surface area contributed by atoms with Crippen LogP contribution in [0.3, 0.4) is 0 Å². The van der Waals surface area contributed by atoms with E-state index in [4.69, 9.17) is 9.47 Å². The van der Waals surface area contributed by atoms with E-state index in [-0.39, 0.29) is 11.1 Å². The highest BCUT2D eigenvalue weighted by atomic mass is 19.2. The number of hydrogen-bond acceptors (Lipinski definition) is 2. The molecule has 0 spiro atoms. The Morgan fingerprint density at radius 2 is 0.909 bits per heavy atom. The average molecular weight is 445 g/mol. The Kier molecular flexibility index (Phi) is 7.04. The molecule has 33 heavy (non-hydrogen) atoms. The van der Waals surface area contributed by atoms with Gasteiger partial charge in [0, 0.05) is 11.1 Å². The van der Waals surface area contributed by atoms with Crippen LogP contribution in [-0.4, -0.2) is 13.2 Å². The van der Waals surface area contributed by atoms with Crippen molar-refractivity contribution < 1.29 is 18.3 Å². The minimum atomic E-state index is -0.856. The Morgan fingerprint density at radius 3 is 1.36 bits per heavy atom. The van der Waals surface area contributed by atoms with Gasteiger partial charge in [-0.15, -0.1) is 0 Å². The number of benzene rings is 4. The van der Waals surface area contributed by atoms with Crippen LogP contribution < -0.4 is 9.47 Å². The van der Waals surface area contributed by atoms with Crippen molar-refractivity contribution in [2.75, 3.05) is 13.2 Å². The molecule has 0 atom stereocenters. The normalized spacial score (nSPS) is 10.8. The number of halogens is 2. The van der Waals surface area contributed by atoms with Crippen molar-refractivity contribution in [3.05, 3.63) is 96.6 Å². The van der Waals surface area contributed by atoms with Crippen molar-refractivity contribution in [3.63, 3.8) is 0 Å². The van der Waals surface area contributed by atoms with Crippen LogP contribution in [0.25, 0.3) is 33.4 Å². The van der Waals surface area contributed by atoms with Crippen LogP contribution >= 0.6 is 0 Å². The highest BCUT2D eigenvalue weighted by molar-refractivity contribution is 5.74. The first-order valence-electron chi connectivity index (χ1n) is 11.2. The van der Waals surface area contributed by atoms with Gasteiger partial charge in [0.2, 0.25) is 0 Å². The Labute approximate surface area is 193 Å². The number of ether oxygens (including phenoxy) is 2. The van der Waals surface area contributed by atoms with Gasteiger partial charge in [0.05, 0.1) is 13.2 Å². The minimum absolute atomic E-state index is 0.226. The van der Waals surface area contributed by atoms with Crippen molar-refractivity contribution in [1.29, 1.82) is 0 Å². The Hall–Kier alpha value is -3.66. The van der Waals surface area contributed by atoms with Gasteiger partial charge in [0.1, 0.15) is 11.5 Å². The lowest BCUT2D eigenvalue weighted by atomic mass is 9.97. The van der Waals surface area contributed by atoms with Crippen molar-refractivity contribution in [1.82, 2.24) is 0 Å². The molecule has 0 radical (unpaired) electrons. The highest BCUT2D eigenvalue weighted by Gasteiger charge is 2.16. The quantitative estimate of drug-likeness (QED) is 0.273. The fourth-order valence-electron chi connectivity index (χ4n) is 3.70. The van der Waals surface area contributed by atoms with E-state index in [2.05, 4.69) is 0 Å². The van der Waals surface area contributed by atoms with Crippen molar-refractivity contribution in [2.45, 2.75) is 20.3 Å². The molecule has 0 aliphatic carbocycles. The summed E-state index contributed by atoms with van der Waals surface area (Å²) in [6.45, 7) is 5.21. The summed E-state index contributed by atoms with van der Waals surface area (Å²) in [6, 6.07) is 25.5. The fourth-order valence-corrected chi connectivity index (χ4v) is 3.70. The Morgan fingerprint density at radius 1 is 0.515 bits per heavy atom. The van der Waals surface area contributed by atoms with Gasteiger partial charge < -0.3 is 9.47 Å². The molecule has 0 bridgehead atoms. The van der Waals surface area contributed by atoms with Crippen LogP contribution in [-0.2, 0) is 0 Å². The highest BCUT2D eigenvalue weighted by Crippen LogP contribution is 2.33. The second kappa shape index (κ2) is 10.3. The van der Waals surface area contributed by atoms with Crippen LogP contribution in [0.4, 0.5) is 8.78 Å².